The van der Waals surface area contributed by atoms with Crippen LogP contribution in [-0.2, 0) is 35.6 Å². The van der Waals surface area contributed by atoms with E-state index in [9.17, 15) is 2.74 Å². The van der Waals surface area contributed by atoms with Gasteiger partial charge in [0.05, 0.1) is 5.69 Å². The Labute approximate surface area is 461 Å². The number of imidazole rings is 1. The van der Waals surface area contributed by atoms with Gasteiger partial charge in [-0.25, -0.2) is 0 Å². The summed E-state index contributed by atoms with van der Waals surface area (Å²) >= 11 is 2.38. The molecule has 0 saturated carbocycles. The van der Waals surface area contributed by atoms with Crippen molar-refractivity contribution in [3.05, 3.63) is 209 Å². The molecular weight excluding hydrogens is 1100 g/mol. The number of pyridine rings is 1. The summed E-state index contributed by atoms with van der Waals surface area (Å²) in [6, 6.07) is 50.4. The van der Waals surface area contributed by atoms with Gasteiger partial charge >= 0.3 is 359 Å². The van der Waals surface area contributed by atoms with Crippen molar-refractivity contribution < 1.29 is 30.9 Å². The monoisotopic (exact) mass is 1170 g/mol. The first-order chi connectivity index (χ1) is 38.0. The third-order valence-electron chi connectivity index (χ3n) is 14.3. The molecule has 3 aromatic heterocycles. The van der Waals surface area contributed by atoms with Gasteiger partial charge in [0, 0.05) is 11.8 Å². The Morgan fingerprint density at radius 2 is 1.21 bits per heavy atom. The second-order valence-electron chi connectivity index (χ2n) is 22.7. The van der Waals surface area contributed by atoms with Crippen molar-refractivity contribution in [2.45, 2.75) is 98.2 Å². The zero-order chi connectivity index (χ0) is 56.7. The van der Waals surface area contributed by atoms with Crippen molar-refractivity contribution in [3.8, 4) is 67.6 Å². The number of para-hydroxylation sites is 3. The van der Waals surface area contributed by atoms with Crippen LogP contribution in [0.15, 0.2) is 188 Å². The molecular formula is C66H65BN6OPt. The molecule has 0 aliphatic carbocycles. The second-order valence-corrected chi connectivity index (χ2v) is 23.7. The molecule has 0 radical (unpaired) electrons. The molecule has 75 heavy (non-hydrogen) atoms. The van der Waals surface area contributed by atoms with E-state index in [2.05, 4.69) is 210 Å². The summed E-state index contributed by atoms with van der Waals surface area (Å²) in [6.45, 7) is 22.0. The molecule has 0 bridgehead atoms. The molecule has 9 heteroatoms. The van der Waals surface area contributed by atoms with Crippen molar-refractivity contribution in [3.63, 3.8) is 0 Å². The van der Waals surface area contributed by atoms with Crippen LogP contribution in [0, 0.1) is 3.80 Å². The Morgan fingerprint density at radius 1 is 0.573 bits per heavy atom. The predicted octanol–water partition coefficient (Wildman–Crippen LogP) is 17.3. The van der Waals surface area contributed by atoms with Gasteiger partial charge < -0.3 is 0 Å². The summed E-state index contributed by atoms with van der Waals surface area (Å²) < 4.78 is 59.2. The minimum absolute atomic E-state index is 0.101. The van der Waals surface area contributed by atoms with Gasteiger partial charge in [0.15, 0.2) is 0 Å². The van der Waals surface area contributed by atoms with E-state index in [1.165, 1.54) is 16.7 Å². The average Bonchev–Trinajstić information content (AvgIpc) is 4.15. The molecule has 11 rings (SSSR count). The Morgan fingerprint density at radius 3 is 1.89 bits per heavy atom. The van der Waals surface area contributed by atoms with Crippen LogP contribution in [0.1, 0.15) is 99.2 Å². The molecule has 10 aromatic rings. The fourth-order valence-corrected chi connectivity index (χ4v) is 11.4. The summed E-state index contributed by atoms with van der Waals surface area (Å²) in [7, 11) is 0. The summed E-state index contributed by atoms with van der Waals surface area (Å²) in [5.41, 5.74) is 13.8. The van der Waals surface area contributed by atoms with Crippen molar-refractivity contribution in [1.82, 2.24) is 23.8 Å². The topological polar surface area (TPSA) is 53.0 Å². The van der Waals surface area contributed by atoms with Gasteiger partial charge in [-0.3, -0.25) is 0 Å². The maximum atomic E-state index is 9.33. The fourth-order valence-electron chi connectivity index (χ4n) is 10.3. The van der Waals surface area contributed by atoms with Crippen LogP contribution in [0.2, 0.25) is 6.32 Å². The molecule has 4 heterocycles. The van der Waals surface area contributed by atoms with Crippen molar-refractivity contribution >= 4 is 29.5 Å². The normalized spacial score (nSPS) is 13.7. The Balaban J connectivity index is 1.08. The van der Waals surface area contributed by atoms with E-state index < -0.39 is 6.04 Å². The van der Waals surface area contributed by atoms with Crippen LogP contribution in [0.3, 0.4) is 0 Å². The SMILES string of the molecule is [2H]c1c([2H])c([2H])c(-c2cccc(-c3cc(C(C)(C)C)cc(C(C)(C)C)c3)c2-n2[c](=[Pt])n(-c3cccc(Oc4ccc5c(c4)N(c4cc(C(C)(C)C)ccn4)B(CCC)n4nc(-c6ccccc6)cc4-5)c3)c3ccccc32)c([2H])c1[2H]. The first-order valence-electron chi connectivity index (χ1n) is 28.4. The summed E-state index contributed by atoms with van der Waals surface area (Å²) in [6.07, 6.45) is 3.67. The zero-order valence-corrected chi connectivity index (χ0v) is 46.7. The van der Waals surface area contributed by atoms with Gasteiger partial charge in [-0.2, -0.15) is 5.10 Å². The van der Waals surface area contributed by atoms with Crippen LogP contribution in [-0.4, -0.2) is 30.8 Å². The van der Waals surface area contributed by atoms with Crippen LogP contribution in [0.4, 0.5) is 11.5 Å². The molecule has 0 spiro atoms. The molecule has 7 nitrogen and oxygen atoms in total. The Bertz CT molecular complexity index is 4070. The Kier molecular flexibility index (Phi) is 11.4. The average molecular weight is 1170 g/mol. The first-order valence-corrected chi connectivity index (χ1v) is 27.1. The van der Waals surface area contributed by atoms with Crippen molar-refractivity contribution in [2.24, 2.45) is 0 Å². The summed E-state index contributed by atoms with van der Waals surface area (Å²) in [5, 5.41) is 5.30. The molecule has 7 aromatic carbocycles. The van der Waals surface area contributed by atoms with Crippen LogP contribution >= 0.6 is 0 Å². The molecule has 0 atom stereocenters. The van der Waals surface area contributed by atoms with Gasteiger partial charge in [0.2, 0.25) is 0 Å². The number of hydrogen-bond donors (Lipinski definition) is 0. The number of benzene rings is 7. The van der Waals surface area contributed by atoms with Gasteiger partial charge in [-0.15, -0.1) is 0 Å². The number of nitrogens with zero attached hydrogens (tertiary/aromatic N) is 6. The number of ether oxygens (including phenoxy) is 1. The zero-order valence-electron chi connectivity index (χ0n) is 49.4. The van der Waals surface area contributed by atoms with Crippen molar-refractivity contribution in [2.75, 3.05) is 4.81 Å². The van der Waals surface area contributed by atoms with Gasteiger partial charge in [-0.1, -0.05) is 64.4 Å². The Hall–Kier alpha value is -7.28. The van der Waals surface area contributed by atoms with Gasteiger partial charge in [0.25, 0.3) is 0 Å². The molecule has 1 aliphatic rings. The van der Waals surface area contributed by atoms with Gasteiger partial charge in [0.1, 0.15) is 0 Å². The van der Waals surface area contributed by atoms with Crippen molar-refractivity contribution in [1.29, 1.82) is 0 Å². The number of fused-ring (bicyclic) bond motifs is 4. The van der Waals surface area contributed by atoms with Crippen LogP contribution < -0.4 is 9.55 Å². The molecule has 0 fully saturated rings. The number of aromatic nitrogens is 5. The number of rotatable bonds is 10. The quantitative estimate of drug-likeness (QED) is 0.128. The summed E-state index contributed by atoms with van der Waals surface area (Å²) in [4.78, 5) is 7.38. The standard InChI is InChI=1S/C66H65BN6O.Pt/c1-11-35-67-72(62-40-48(34-36-68-62)64(2,3)4)60-42-53(32-33-56(60)61-43-57(69-73(61)67)46-24-16-13-17-25-46)74-52-27-20-26-51(41-52)70-44-71(59-31-19-18-30-58(59)70)63-54(45-22-14-12-15-23-45)28-21-29-55(63)47-37-49(65(5,6)7)39-50(38-47)66(8,9)10;/h12-34,36-43H,11,35H2,1-10H3;/i12D,14D,15D,22D,23D;. The molecule has 378 valence electrons. The molecule has 0 unspecified atom stereocenters. The van der Waals surface area contributed by atoms with Crippen LogP contribution in [0.5, 0.6) is 11.5 Å². The second kappa shape index (κ2) is 19.5. The van der Waals surface area contributed by atoms with E-state index in [4.69, 9.17) is 18.9 Å². The third-order valence-corrected chi connectivity index (χ3v) is 15.3. The summed E-state index contributed by atoms with van der Waals surface area (Å²) in [5.74, 6) is 2.14. The number of anilines is 2. The fraction of sp³-hybridized carbons (Fsp3) is 0.227. The van der Waals surface area contributed by atoms with E-state index in [0.29, 0.717) is 22.7 Å². The maximum absolute atomic E-state index is 9.33. The van der Waals surface area contributed by atoms with Crippen LogP contribution in [0.25, 0.3) is 67.2 Å². The number of hydrogen-bond acceptors (Lipinski definition) is 4. The first kappa shape index (κ1) is 44.1. The van der Waals surface area contributed by atoms with E-state index in [-0.39, 0.29) is 53.0 Å². The molecule has 1 aliphatic heterocycles. The minimum atomic E-state index is -0.434. The van der Waals surface area contributed by atoms with E-state index in [1.807, 2.05) is 54.7 Å². The molecule has 0 N–H and O–H groups in total. The van der Waals surface area contributed by atoms with E-state index >= 15 is 0 Å². The molecule has 0 saturated heterocycles. The third kappa shape index (κ3) is 9.48. The van der Waals surface area contributed by atoms with E-state index in [0.717, 1.165) is 78.4 Å². The predicted molar refractivity (Wildman–Crippen MR) is 309 cm³/mol. The van der Waals surface area contributed by atoms with E-state index in [1.54, 1.807) is 0 Å². The molecule has 0 amide bonds. The van der Waals surface area contributed by atoms with Gasteiger partial charge in [-0.05, 0) is 17.0 Å².